The number of esters is 1. The number of amides is 1. The van der Waals surface area contributed by atoms with Crippen molar-refractivity contribution in [1.82, 2.24) is 10.2 Å². The van der Waals surface area contributed by atoms with Gasteiger partial charge in [0.2, 0.25) is 15.7 Å². The Morgan fingerprint density at radius 2 is 2.06 bits per heavy atom. The van der Waals surface area contributed by atoms with E-state index in [4.69, 9.17) is 9.15 Å². The number of sulfone groups is 1. The van der Waals surface area contributed by atoms with Gasteiger partial charge in [0.25, 0.3) is 5.89 Å². The number of fused-ring (bicyclic) bond motifs is 1. The molecule has 0 bridgehead atoms. The van der Waals surface area contributed by atoms with Gasteiger partial charge >= 0.3 is 11.2 Å². The van der Waals surface area contributed by atoms with Crippen molar-refractivity contribution >= 4 is 38.1 Å². The van der Waals surface area contributed by atoms with E-state index in [0.29, 0.717) is 12.3 Å². The summed E-state index contributed by atoms with van der Waals surface area (Å²) >= 11 is 1.25. The fourth-order valence-corrected chi connectivity index (χ4v) is 6.06. The van der Waals surface area contributed by atoms with Gasteiger partial charge in [0.1, 0.15) is 16.6 Å². The highest BCUT2D eigenvalue weighted by molar-refractivity contribution is 7.91. The second-order valence-corrected chi connectivity index (χ2v) is 10.9. The van der Waals surface area contributed by atoms with E-state index in [0.717, 1.165) is 23.3 Å². The molecular weight excluding hydrogens is 485 g/mol. The average Bonchev–Trinajstić information content (AvgIpc) is 3.39. The fraction of sp³-hybridized carbons (Fsp3) is 0.364. The van der Waals surface area contributed by atoms with E-state index in [1.165, 1.54) is 35.6 Å². The number of ether oxygens (including phenoxy) is 1. The molecule has 1 aliphatic carbocycles. The van der Waals surface area contributed by atoms with Crippen LogP contribution in [0.4, 0.5) is 9.39 Å². The van der Waals surface area contributed by atoms with E-state index in [-0.39, 0.29) is 28.6 Å². The van der Waals surface area contributed by atoms with E-state index in [1.54, 1.807) is 6.92 Å². The van der Waals surface area contributed by atoms with E-state index in [2.05, 4.69) is 22.4 Å². The molecule has 0 aliphatic heterocycles. The summed E-state index contributed by atoms with van der Waals surface area (Å²) in [5.74, 6) is -2.96. The minimum absolute atomic E-state index is 0.0571. The largest absolute Gasteiger partial charge is 0.462 e. The van der Waals surface area contributed by atoms with Crippen LogP contribution in [0.15, 0.2) is 33.9 Å². The van der Waals surface area contributed by atoms with Crippen molar-refractivity contribution in [2.24, 2.45) is 5.92 Å². The predicted octanol–water partition coefficient (Wildman–Crippen LogP) is 3.65. The summed E-state index contributed by atoms with van der Waals surface area (Å²) in [6, 6.07) is 5.53. The van der Waals surface area contributed by atoms with E-state index >= 15 is 0 Å². The van der Waals surface area contributed by atoms with Crippen LogP contribution in [-0.2, 0) is 32.2 Å². The summed E-state index contributed by atoms with van der Waals surface area (Å²) in [7, 11) is -4.32. The number of carbonyl (C=O) groups is 2. The van der Waals surface area contributed by atoms with Crippen LogP contribution in [0.3, 0.4) is 0 Å². The van der Waals surface area contributed by atoms with Crippen molar-refractivity contribution in [3.63, 3.8) is 0 Å². The molecule has 4 rings (SSSR count). The van der Waals surface area contributed by atoms with Gasteiger partial charge in [-0.3, -0.25) is 4.79 Å². The lowest BCUT2D eigenvalue weighted by Crippen LogP contribution is -2.24. The molecule has 1 aromatic carbocycles. The van der Waals surface area contributed by atoms with Crippen molar-refractivity contribution in [3.8, 4) is 11.5 Å². The molecule has 3 aromatic rings. The fourth-order valence-electron chi connectivity index (χ4n) is 3.73. The molecule has 0 spiro atoms. The van der Waals surface area contributed by atoms with E-state index in [9.17, 15) is 22.4 Å². The second kappa shape index (κ2) is 9.63. The number of benzene rings is 1. The third-order valence-electron chi connectivity index (χ3n) is 5.34. The van der Waals surface area contributed by atoms with Crippen LogP contribution < -0.4 is 5.32 Å². The maximum atomic E-state index is 13.9. The number of thiophene rings is 1. The number of aromatic nitrogens is 2. The molecule has 0 radical (unpaired) electrons. The van der Waals surface area contributed by atoms with Gasteiger partial charge < -0.3 is 14.5 Å². The molecule has 1 atom stereocenters. The highest BCUT2D eigenvalue weighted by Crippen LogP contribution is 2.40. The zero-order valence-electron chi connectivity index (χ0n) is 18.5. The Labute approximate surface area is 199 Å². The van der Waals surface area contributed by atoms with Crippen molar-refractivity contribution in [1.29, 1.82) is 0 Å². The molecule has 1 amide bonds. The Kier molecular flexibility index (Phi) is 6.80. The molecule has 12 heteroatoms. The number of hydrogen-bond acceptors (Lipinski definition) is 9. The third-order valence-corrected chi connectivity index (χ3v) is 7.85. The first-order valence-electron chi connectivity index (χ1n) is 10.6. The van der Waals surface area contributed by atoms with E-state index in [1.807, 2.05) is 0 Å². The van der Waals surface area contributed by atoms with Crippen LogP contribution in [0.1, 0.15) is 41.1 Å². The molecule has 2 aromatic heterocycles. The lowest BCUT2D eigenvalue weighted by Gasteiger charge is -2.18. The Morgan fingerprint density at radius 1 is 1.29 bits per heavy atom. The lowest BCUT2D eigenvalue weighted by atomic mass is 9.88. The summed E-state index contributed by atoms with van der Waals surface area (Å²) in [5.41, 5.74) is 1.06. The molecule has 2 heterocycles. The quantitative estimate of drug-likeness (QED) is 0.480. The molecule has 0 saturated carbocycles. The topological polar surface area (TPSA) is 128 Å². The molecule has 9 nitrogen and oxygen atoms in total. The zero-order chi connectivity index (χ0) is 24.5. The average molecular weight is 508 g/mol. The highest BCUT2D eigenvalue weighted by atomic mass is 32.2. The molecule has 1 aliphatic rings. The lowest BCUT2D eigenvalue weighted by molar-refractivity contribution is -0.113. The van der Waals surface area contributed by atoms with Crippen molar-refractivity contribution in [3.05, 3.63) is 46.1 Å². The first-order chi connectivity index (χ1) is 16.2. The number of anilines is 1. The van der Waals surface area contributed by atoms with Gasteiger partial charge in [-0.25, -0.2) is 17.6 Å². The number of hydrogen-bond donors (Lipinski definition) is 1. The third kappa shape index (κ3) is 4.87. The van der Waals surface area contributed by atoms with Gasteiger partial charge in [-0.15, -0.1) is 16.4 Å². The second-order valence-electron chi connectivity index (χ2n) is 7.94. The molecular formula is C22H22FN3O6S2. The molecule has 1 N–H and O–H groups in total. The van der Waals surface area contributed by atoms with Crippen LogP contribution in [0.2, 0.25) is 0 Å². The standard InChI is InChI=1S/C22H22FN3O6S2/c1-3-31-21(28)18-14-9-8-12(2)10-16(14)33-20(18)24-17(27)11-34(29,30)22-26-25-19(32-22)13-6-4-5-7-15(13)23/h4-7,12H,3,8-11H2,1-2H3,(H,24,27). The minimum atomic E-state index is -4.32. The number of carbonyl (C=O) groups excluding carboxylic acids is 2. The van der Waals surface area contributed by atoms with Crippen molar-refractivity contribution in [2.45, 2.75) is 38.3 Å². The van der Waals surface area contributed by atoms with Gasteiger partial charge in [-0.05, 0) is 49.8 Å². The van der Waals surface area contributed by atoms with Gasteiger partial charge in [0, 0.05) is 4.88 Å². The maximum Gasteiger partial charge on any atom is 0.341 e. The first kappa shape index (κ1) is 24.0. The number of nitrogens with zero attached hydrogens (tertiary/aromatic N) is 2. The summed E-state index contributed by atoms with van der Waals surface area (Å²) in [6.07, 6.45) is 2.34. The molecule has 34 heavy (non-hydrogen) atoms. The monoisotopic (exact) mass is 507 g/mol. The SMILES string of the molecule is CCOC(=O)c1c(NC(=O)CS(=O)(=O)c2nnc(-c3ccccc3F)o2)sc2c1CCC(C)C2. The van der Waals surface area contributed by atoms with Crippen LogP contribution >= 0.6 is 11.3 Å². The Bertz CT molecular complexity index is 1350. The molecule has 180 valence electrons. The van der Waals surface area contributed by atoms with E-state index < -0.39 is 38.5 Å². The Hall–Kier alpha value is -3.12. The van der Waals surface area contributed by atoms with Crippen LogP contribution in [-0.4, -0.2) is 42.9 Å². The van der Waals surface area contributed by atoms with Gasteiger partial charge in [0.15, 0.2) is 0 Å². The minimum Gasteiger partial charge on any atom is -0.462 e. The summed E-state index contributed by atoms with van der Waals surface area (Å²) in [6.45, 7) is 3.96. The zero-order valence-corrected chi connectivity index (χ0v) is 20.1. The molecule has 0 fully saturated rings. The van der Waals surface area contributed by atoms with Crippen LogP contribution in [0.5, 0.6) is 0 Å². The normalized spacial score (nSPS) is 15.6. The molecule has 0 saturated heterocycles. The number of nitrogens with one attached hydrogen (secondary N) is 1. The van der Waals surface area contributed by atoms with Crippen molar-refractivity contribution < 1.29 is 31.6 Å². The summed E-state index contributed by atoms with van der Waals surface area (Å²) in [5, 5.41) is 9.07. The number of rotatable bonds is 7. The highest BCUT2D eigenvalue weighted by Gasteiger charge is 2.31. The Morgan fingerprint density at radius 3 is 2.79 bits per heavy atom. The van der Waals surface area contributed by atoms with Crippen LogP contribution in [0.25, 0.3) is 11.5 Å². The number of halogens is 1. The summed E-state index contributed by atoms with van der Waals surface area (Å²) < 4.78 is 49.6. The van der Waals surface area contributed by atoms with Gasteiger partial charge in [-0.1, -0.05) is 24.2 Å². The smallest absolute Gasteiger partial charge is 0.341 e. The van der Waals surface area contributed by atoms with Gasteiger partial charge in [0.05, 0.1) is 17.7 Å². The van der Waals surface area contributed by atoms with Crippen molar-refractivity contribution in [2.75, 3.05) is 17.7 Å². The first-order valence-corrected chi connectivity index (χ1v) is 13.1. The predicted molar refractivity (Wildman–Crippen MR) is 122 cm³/mol. The van der Waals surface area contributed by atoms with Gasteiger partial charge in [-0.2, -0.15) is 0 Å². The molecule has 1 unspecified atom stereocenters. The Balaban J connectivity index is 1.55. The maximum absolute atomic E-state index is 13.9. The summed E-state index contributed by atoms with van der Waals surface area (Å²) in [4.78, 5) is 26.2. The van der Waals surface area contributed by atoms with Crippen LogP contribution in [0, 0.1) is 11.7 Å².